The van der Waals surface area contributed by atoms with Crippen LogP contribution in [0.25, 0.3) is 0 Å². The minimum Gasteiger partial charge on any atom is -0.477 e. The summed E-state index contributed by atoms with van der Waals surface area (Å²) in [5, 5.41) is 13.0. The highest BCUT2D eigenvalue weighted by Crippen LogP contribution is 2.18. The van der Waals surface area contributed by atoms with E-state index in [0.717, 1.165) is 5.56 Å². The van der Waals surface area contributed by atoms with E-state index in [0.29, 0.717) is 0 Å². The van der Waals surface area contributed by atoms with Crippen LogP contribution in [0.5, 0.6) is 0 Å². The molecule has 0 fully saturated rings. The third-order valence-electron chi connectivity index (χ3n) is 2.54. The fraction of sp³-hybridized carbons (Fsp3) is 0.167. The molecule has 1 heterocycles. The van der Waals surface area contributed by atoms with E-state index in [2.05, 4.69) is 5.10 Å². The molecule has 82 valence electrons. The van der Waals surface area contributed by atoms with Gasteiger partial charge in [-0.25, -0.2) is 4.79 Å². The summed E-state index contributed by atoms with van der Waals surface area (Å²) in [6.07, 6.45) is 1.50. The highest BCUT2D eigenvalue weighted by atomic mass is 16.4. The van der Waals surface area contributed by atoms with Crippen molar-refractivity contribution in [3.8, 4) is 0 Å². The van der Waals surface area contributed by atoms with Gasteiger partial charge in [0.2, 0.25) is 0 Å². The normalized spacial score (nSPS) is 12.3. The van der Waals surface area contributed by atoms with Crippen LogP contribution in [0.1, 0.15) is 29.0 Å². The average molecular weight is 216 g/mol. The molecule has 16 heavy (non-hydrogen) atoms. The van der Waals surface area contributed by atoms with Crippen LogP contribution < -0.4 is 0 Å². The molecule has 0 saturated heterocycles. The van der Waals surface area contributed by atoms with Crippen LogP contribution in [0.3, 0.4) is 0 Å². The maximum atomic E-state index is 11.0. The fourth-order valence-electron chi connectivity index (χ4n) is 1.66. The molecule has 0 aliphatic carbocycles. The van der Waals surface area contributed by atoms with E-state index in [1.165, 1.54) is 16.9 Å². The Morgan fingerprint density at radius 1 is 1.31 bits per heavy atom. The first-order chi connectivity index (χ1) is 7.70. The number of hydrogen-bond donors (Lipinski definition) is 1. The monoisotopic (exact) mass is 216 g/mol. The van der Waals surface area contributed by atoms with E-state index in [-0.39, 0.29) is 11.7 Å². The lowest BCUT2D eigenvalue weighted by molar-refractivity contribution is 0.0682. The van der Waals surface area contributed by atoms with Gasteiger partial charge >= 0.3 is 5.97 Å². The van der Waals surface area contributed by atoms with Crippen LogP contribution in [0.4, 0.5) is 0 Å². The SMILES string of the molecule is CC(c1ccccc1)n1nccc1C(=O)O. The summed E-state index contributed by atoms with van der Waals surface area (Å²) in [7, 11) is 0. The zero-order valence-corrected chi connectivity index (χ0v) is 8.87. The topological polar surface area (TPSA) is 55.1 Å². The Labute approximate surface area is 93.1 Å². The Kier molecular flexibility index (Phi) is 2.72. The van der Waals surface area contributed by atoms with Gasteiger partial charge in [-0.15, -0.1) is 0 Å². The molecule has 0 bridgehead atoms. The average Bonchev–Trinajstić information content (AvgIpc) is 2.78. The van der Waals surface area contributed by atoms with Gasteiger partial charge in [0.05, 0.1) is 6.04 Å². The smallest absolute Gasteiger partial charge is 0.354 e. The molecule has 0 aliphatic rings. The molecule has 1 unspecified atom stereocenters. The number of carbonyl (C=O) groups is 1. The summed E-state index contributed by atoms with van der Waals surface area (Å²) in [6, 6.07) is 11.1. The van der Waals surface area contributed by atoms with Gasteiger partial charge in [-0.3, -0.25) is 4.68 Å². The number of aromatic carboxylic acids is 1. The molecule has 4 heteroatoms. The lowest BCUT2D eigenvalue weighted by atomic mass is 10.1. The fourth-order valence-corrected chi connectivity index (χ4v) is 1.66. The zero-order valence-electron chi connectivity index (χ0n) is 8.87. The number of benzene rings is 1. The Morgan fingerprint density at radius 3 is 2.62 bits per heavy atom. The van der Waals surface area contributed by atoms with Crippen LogP contribution in [0, 0.1) is 0 Å². The number of rotatable bonds is 3. The van der Waals surface area contributed by atoms with E-state index >= 15 is 0 Å². The third-order valence-corrected chi connectivity index (χ3v) is 2.54. The van der Waals surface area contributed by atoms with Gasteiger partial charge in [0.1, 0.15) is 5.69 Å². The van der Waals surface area contributed by atoms with Crippen LogP contribution in [0.2, 0.25) is 0 Å². The zero-order chi connectivity index (χ0) is 11.5. The number of carboxylic acids is 1. The Hall–Kier alpha value is -2.10. The van der Waals surface area contributed by atoms with Crippen molar-refractivity contribution in [2.24, 2.45) is 0 Å². The molecule has 0 saturated carbocycles. The van der Waals surface area contributed by atoms with Crippen molar-refractivity contribution in [3.05, 3.63) is 53.9 Å². The van der Waals surface area contributed by atoms with Crippen LogP contribution in [-0.4, -0.2) is 20.9 Å². The molecule has 1 N–H and O–H groups in total. The first-order valence-corrected chi connectivity index (χ1v) is 5.02. The largest absolute Gasteiger partial charge is 0.477 e. The van der Waals surface area contributed by atoms with E-state index in [4.69, 9.17) is 5.11 Å². The minimum atomic E-state index is -0.958. The highest BCUT2D eigenvalue weighted by molar-refractivity contribution is 5.85. The summed E-state index contributed by atoms with van der Waals surface area (Å²) >= 11 is 0. The summed E-state index contributed by atoms with van der Waals surface area (Å²) in [5.74, 6) is -0.958. The van der Waals surface area contributed by atoms with Crippen molar-refractivity contribution in [1.29, 1.82) is 0 Å². The lowest BCUT2D eigenvalue weighted by Crippen LogP contribution is -2.15. The van der Waals surface area contributed by atoms with Gasteiger partial charge in [-0.1, -0.05) is 30.3 Å². The minimum absolute atomic E-state index is 0.0812. The van der Waals surface area contributed by atoms with Gasteiger partial charge in [0.15, 0.2) is 0 Å². The summed E-state index contributed by atoms with van der Waals surface area (Å²) < 4.78 is 1.51. The maximum absolute atomic E-state index is 11.0. The molecule has 1 atom stereocenters. The molecule has 1 aromatic heterocycles. The second-order valence-corrected chi connectivity index (χ2v) is 3.55. The quantitative estimate of drug-likeness (QED) is 0.855. The van der Waals surface area contributed by atoms with E-state index in [1.807, 2.05) is 37.3 Å². The molecule has 0 aliphatic heterocycles. The molecule has 0 amide bonds. The van der Waals surface area contributed by atoms with E-state index in [1.54, 1.807) is 0 Å². The standard InChI is InChI=1S/C12H12N2O2/c1-9(10-5-3-2-4-6-10)14-11(12(15)16)7-8-13-14/h2-9H,1H3,(H,15,16). The van der Waals surface area contributed by atoms with Gasteiger partial charge in [0.25, 0.3) is 0 Å². The molecule has 2 rings (SSSR count). The van der Waals surface area contributed by atoms with Crippen molar-refractivity contribution in [2.45, 2.75) is 13.0 Å². The molecule has 4 nitrogen and oxygen atoms in total. The van der Waals surface area contributed by atoms with Crippen molar-refractivity contribution in [1.82, 2.24) is 9.78 Å². The Morgan fingerprint density at radius 2 is 2.00 bits per heavy atom. The number of aromatic nitrogens is 2. The predicted molar refractivity (Wildman–Crippen MR) is 59.4 cm³/mol. The molecular weight excluding hydrogens is 204 g/mol. The van der Waals surface area contributed by atoms with E-state index < -0.39 is 5.97 Å². The second kappa shape index (κ2) is 4.18. The third kappa shape index (κ3) is 1.82. The molecule has 0 radical (unpaired) electrons. The summed E-state index contributed by atoms with van der Waals surface area (Å²) in [5.41, 5.74) is 1.24. The first-order valence-electron chi connectivity index (χ1n) is 5.02. The molecular formula is C12H12N2O2. The molecule has 1 aromatic carbocycles. The summed E-state index contributed by atoms with van der Waals surface area (Å²) in [4.78, 5) is 11.0. The highest BCUT2D eigenvalue weighted by Gasteiger charge is 2.16. The molecule has 0 spiro atoms. The Balaban J connectivity index is 2.38. The van der Waals surface area contributed by atoms with Crippen LogP contribution >= 0.6 is 0 Å². The second-order valence-electron chi connectivity index (χ2n) is 3.55. The van der Waals surface area contributed by atoms with Gasteiger partial charge < -0.3 is 5.11 Å². The van der Waals surface area contributed by atoms with Crippen molar-refractivity contribution in [2.75, 3.05) is 0 Å². The van der Waals surface area contributed by atoms with Crippen molar-refractivity contribution < 1.29 is 9.90 Å². The van der Waals surface area contributed by atoms with Gasteiger partial charge in [-0.2, -0.15) is 5.10 Å². The van der Waals surface area contributed by atoms with Crippen LogP contribution in [0.15, 0.2) is 42.6 Å². The lowest BCUT2D eigenvalue weighted by Gasteiger charge is -2.14. The maximum Gasteiger partial charge on any atom is 0.354 e. The predicted octanol–water partition coefficient (Wildman–Crippen LogP) is 2.19. The van der Waals surface area contributed by atoms with Gasteiger partial charge in [-0.05, 0) is 18.6 Å². The number of hydrogen-bond acceptors (Lipinski definition) is 2. The number of carboxylic acid groups (broad SMARTS) is 1. The summed E-state index contributed by atoms with van der Waals surface area (Å²) in [6.45, 7) is 1.93. The Bertz CT molecular complexity index is 491. The van der Waals surface area contributed by atoms with Crippen molar-refractivity contribution >= 4 is 5.97 Å². The first kappa shape index (κ1) is 10.4. The van der Waals surface area contributed by atoms with E-state index in [9.17, 15) is 4.79 Å². The number of nitrogens with zero attached hydrogens (tertiary/aromatic N) is 2. The van der Waals surface area contributed by atoms with Crippen LogP contribution in [-0.2, 0) is 0 Å². The molecule has 2 aromatic rings. The van der Waals surface area contributed by atoms with Gasteiger partial charge in [0, 0.05) is 6.20 Å². The van der Waals surface area contributed by atoms with Crippen molar-refractivity contribution in [3.63, 3.8) is 0 Å².